The predicted molar refractivity (Wildman–Crippen MR) is 76.0 cm³/mol. The number of thiazole rings is 1. The molecular weight excluding hydrogens is 244 g/mol. The van der Waals surface area contributed by atoms with Crippen molar-refractivity contribution < 1.29 is 4.79 Å². The Bertz CT molecular complexity index is 545. The maximum Gasteiger partial charge on any atom is 0.228 e. The first-order valence-electron chi connectivity index (χ1n) is 5.91. The highest BCUT2D eigenvalue weighted by Gasteiger charge is 2.13. The summed E-state index contributed by atoms with van der Waals surface area (Å²) in [6, 6.07) is 8.23. The summed E-state index contributed by atoms with van der Waals surface area (Å²) >= 11 is 1.49. The van der Waals surface area contributed by atoms with E-state index < -0.39 is 0 Å². The SMILES string of the molecule is CCC(=O)N(C)c1nc(-c2ccc(C)cc2)cs1. The summed E-state index contributed by atoms with van der Waals surface area (Å²) in [6.07, 6.45) is 0.496. The third-order valence-electron chi connectivity index (χ3n) is 2.80. The molecule has 0 atom stereocenters. The van der Waals surface area contributed by atoms with E-state index in [1.807, 2.05) is 12.3 Å². The van der Waals surface area contributed by atoms with Crippen molar-refractivity contribution in [3.05, 3.63) is 35.2 Å². The smallest absolute Gasteiger partial charge is 0.228 e. The van der Waals surface area contributed by atoms with E-state index >= 15 is 0 Å². The van der Waals surface area contributed by atoms with Crippen molar-refractivity contribution >= 4 is 22.4 Å². The van der Waals surface area contributed by atoms with E-state index in [1.165, 1.54) is 16.9 Å². The van der Waals surface area contributed by atoms with Crippen LogP contribution in [0.25, 0.3) is 11.3 Å². The molecule has 18 heavy (non-hydrogen) atoms. The molecule has 0 radical (unpaired) electrons. The summed E-state index contributed by atoms with van der Waals surface area (Å²) in [7, 11) is 1.77. The molecule has 1 aromatic heterocycles. The van der Waals surface area contributed by atoms with Crippen LogP contribution in [0.2, 0.25) is 0 Å². The number of benzene rings is 1. The summed E-state index contributed by atoms with van der Waals surface area (Å²) in [6.45, 7) is 3.91. The molecule has 2 aromatic rings. The molecule has 3 nitrogen and oxygen atoms in total. The third kappa shape index (κ3) is 2.59. The average Bonchev–Trinajstić information content (AvgIpc) is 2.87. The Morgan fingerprint density at radius 3 is 2.61 bits per heavy atom. The third-order valence-corrected chi connectivity index (χ3v) is 3.72. The Labute approximate surface area is 111 Å². The molecule has 4 heteroatoms. The van der Waals surface area contributed by atoms with Gasteiger partial charge in [0.2, 0.25) is 5.91 Å². The van der Waals surface area contributed by atoms with Gasteiger partial charge in [0.05, 0.1) is 5.69 Å². The number of anilines is 1. The predicted octanol–water partition coefficient (Wildman–Crippen LogP) is 3.49. The van der Waals surface area contributed by atoms with Gasteiger partial charge in [-0.25, -0.2) is 4.98 Å². The largest absolute Gasteiger partial charge is 0.291 e. The number of aromatic nitrogens is 1. The van der Waals surface area contributed by atoms with Gasteiger partial charge >= 0.3 is 0 Å². The number of carbonyl (C=O) groups is 1. The van der Waals surface area contributed by atoms with Crippen LogP contribution in [0.4, 0.5) is 5.13 Å². The number of nitrogens with zero attached hydrogens (tertiary/aromatic N) is 2. The van der Waals surface area contributed by atoms with Crippen molar-refractivity contribution in [2.45, 2.75) is 20.3 Å². The Morgan fingerprint density at radius 1 is 1.33 bits per heavy atom. The van der Waals surface area contributed by atoms with Gasteiger partial charge < -0.3 is 0 Å². The van der Waals surface area contributed by atoms with Crippen molar-refractivity contribution in [3.8, 4) is 11.3 Å². The normalized spacial score (nSPS) is 10.4. The molecule has 0 aliphatic carbocycles. The van der Waals surface area contributed by atoms with E-state index in [0.29, 0.717) is 6.42 Å². The molecule has 0 aliphatic rings. The zero-order chi connectivity index (χ0) is 13.1. The number of aryl methyl sites for hydroxylation is 1. The minimum atomic E-state index is 0.0832. The topological polar surface area (TPSA) is 33.2 Å². The average molecular weight is 260 g/mol. The highest BCUT2D eigenvalue weighted by molar-refractivity contribution is 7.14. The highest BCUT2D eigenvalue weighted by Crippen LogP contribution is 2.27. The first kappa shape index (κ1) is 12.8. The number of carbonyl (C=O) groups excluding carboxylic acids is 1. The molecular formula is C14H16N2OS. The number of hydrogen-bond donors (Lipinski definition) is 0. The second-order valence-electron chi connectivity index (χ2n) is 4.19. The summed E-state index contributed by atoms with van der Waals surface area (Å²) in [5.41, 5.74) is 3.23. The first-order valence-corrected chi connectivity index (χ1v) is 6.79. The van der Waals surface area contributed by atoms with Gasteiger partial charge in [0.1, 0.15) is 0 Å². The van der Waals surface area contributed by atoms with E-state index in [9.17, 15) is 4.79 Å². The summed E-state index contributed by atoms with van der Waals surface area (Å²) in [5.74, 6) is 0.0832. The second-order valence-corrected chi connectivity index (χ2v) is 5.02. The first-order chi connectivity index (χ1) is 8.61. The molecule has 1 amide bonds. The Hall–Kier alpha value is -1.68. The summed E-state index contributed by atoms with van der Waals surface area (Å²) in [5, 5.41) is 2.73. The monoisotopic (exact) mass is 260 g/mol. The molecule has 1 aromatic carbocycles. The van der Waals surface area contributed by atoms with Gasteiger partial charge in [-0.2, -0.15) is 0 Å². The van der Waals surface area contributed by atoms with Gasteiger partial charge in [0.15, 0.2) is 5.13 Å². The number of hydrogen-bond acceptors (Lipinski definition) is 3. The van der Waals surface area contributed by atoms with E-state index in [2.05, 4.69) is 36.2 Å². The Balaban J connectivity index is 2.25. The van der Waals surface area contributed by atoms with E-state index in [-0.39, 0.29) is 5.91 Å². The molecule has 2 rings (SSSR count). The number of amides is 1. The maximum absolute atomic E-state index is 11.6. The number of rotatable bonds is 3. The van der Waals surface area contributed by atoms with Crippen molar-refractivity contribution in [1.82, 2.24) is 4.98 Å². The van der Waals surface area contributed by atoms with Crippen molar-refractivity contribution in [3.63, 3.8) is 0 Å². The van der Waals surface area contributed by atoms with Crippen LogP contribution in [0.5, 0.6) is 0 Å². The molecule has 0 unspecified atom stereocenters. The molecule has 0 saturated carbocycles. The van der Waals surface area contributed by atoms with Gasteiger partial charge in [-0.1, -0.05) is 36.8 Å². The molecule has 0 aliphatic heterocycles. The Morgan fingerprint density at radius 2 is 2.00 bits per heavy atom. The van der Waals surface area contributed by atoms with Gasteiger partial charge in [-0.3, -0.25) is 9.69 Å². The van der Waals surface area contributed by atoms with Crippen LogP contribution in [0, 0.1) is 6.92 Å². The van der Waals surface area contributed by atoms with Gasteiger partial charge in [-0.05, 0) is 6.92 Å². The van der Waals surface area contributed by atoms with Crippen LogP contribution in [-0.4, -0.2) is 17.9 Å². The van der Waals surface area contributed by atoms with Crippen LogP contribution in [0.1, 0.15) is 18.9 Å². The van der Waals surface area contributed by atoms with Crippen molar-refractivity contribution in [2.75, 3.05) is 11.9 Å². The fourth-order valence-corrected chi connectivity index (χ4v) is 2.44. The quantitative estimate of drug-likeness (QED) is 0.846. The standard InChI is InChI=1S/C14H16N2OS/c1-4-13(17)16(3)14-15-12(9-18-14)11-7-5-10(2)6-8-11/h5-9H,4H2,1-3H3. The molecule has 0 fully saturated rings. The fourth-order valence-electron chi connectivity index (χ4n) is 1.62. The molecule has 0 bridgehead atoms. The summed E-state index contributed by atoms with van der Waals surface area (Å²) < 4.78 is 0. The molecule has 0 N–H and O–H groups in total. The lowest BCUT2D eigenvalue weighted by Gasteiger charge is -2.11. The Kier molecular flexibility index (Phi) is 3.77. The minimum Gasteiger partial charge on any atom is -0.291 e. The lowest BCUT2D eigenvalue weighted by atomic mass is 10.1. The maximum atomic E-state index is 11.6. The van der Waals surface area contributed by atoms with Gasteiger partial charge in [0.25, 0.3) is 0 Å². The van der Waals surface area contributed by atoms with Crippen LogP contribution in [0.3, 0.4) is 0 Å². The van der Waals surface area contributed by atoms with E-state index in [0.717, 1.165) is 16.4 Å². The molecule has 0 spiro atoms. The second kappa shape index (κ2) is 5.31. The van der Waals surface area contributed by atoms with Crippen LogP contribution in [-0.2, 0) is 4.79 Å². The molecule has 0 saturated heterocycles. The van der Waals surface area contributed by atoms with Gasteiger partial charge in [0, 0.05) is 24.4 Å². The van der Waals surface area contributed by atoms with Crippen LogP contribution < -0.4 is 4.90 Å². The lowest BCUT2D eigenvalue weighted by molar-refractivity contribution is -0.118. The molecule has 94 valence electrons. The van der Waals surface area contributed by atoms with Gasteiger partial charge in [-0.15, -0.1) is 11.3 Å². The highest BCUT2D eigenvalue weighted by atomic mass is 32.1. The fraction of sp³-hybridized carbons (Fsp3) is 0.286. The van der Waals surface area contributed by atoms with Crippen LogP contribution in [0.15, 0.2) is 29.6 Å². The van der Waals surface area contributed by atoms with E-state index in [4.69, 9.17) is 0 Å². The van der Waals surface area contributed by atoms with E-state index in [1.54, 1.807) is 11.9 Å². The van der Waals surface area contributed by atoms with Crippen molar-refractivity contribution in [2.24, 2.45) is 0 Å². The summed E-state index contributed by atoms with van der Waals surface area (Å²) in [4.78, 5) is 17.7. The molecule has 1 heterocycles. The lowest BCUT2D eigenvalue weighted by Crippen LogP contribution is -2.24. The zero-order valence-corrected chi connectivity index (χ0v) is 11.6. The minimum absolute atomic E-state index is 0.0832. The zero-order valence-electron chi connectivity index (χ0n) is 10.8. The van der Waals surface area contributed by atoms with Crippen LogP contribution >= 0.6 is 11.3 Å². The van der Waals surface area contributed by atoms with Crippen molar-refractivity contribution in [1.29, 1.82) is 0 Å².